The van der Waals surface area contributed by atoms with Crippen molar-refractivity contribution in [3.63, 3.8) is 0 Å². The predicted molar refractivity (Wildman–Crippen MR) is 170 cm³/mol. The molecule has 5 aromatic rings. The van der Waals surface area contributed by atoms with Crippen LogP contribution < -0.4 is 4.74 Å². The number of benzene rings is 2. The Balaban J connectivity index is 1.48. The zero-order valence-electron chi connectivity index (χ0n) is 23.5. The Bertz CT molecular complexity index is 1880. The summed E-state index contributed by atoms with van der Waals surface area (Å²) in [6.07, 6.45) is 1.52. The number of halogens is 2. The summed E-state index contributed by atoms with van der Waals surface area (Å²) in [4.78, 5) is 16.6. The van der Waals surface area contributed by atoms with Gasteiger partial charge in [0.1, 0.15) is 22.0 Å². The highest BCUT2D eigenvalue weighted by molar-refractivity contribution is 8.22. The van der Waals surface area contributed by atoms with Crippen LogP contribution in [-0.4, -0.2) is 57.1 Å². The fourth-order valence-electron chi connectivity index (χ4n) is 5.69. The second-order valence-electron chi connectivity index (χ2n) is 10.6. The number of pyridine rings is 1. The van der Waals surface area contributed by atoms with Gasteiger partial charge in [-0.05, 0) is 70.6 Å². The summed E-state index contributed by atoms with van der Waals surface area (Å²) in [5, 5.41) is 22.0. The first kappa shape index (κ1) is 30.1. The highest BCUT2D eigenvalue weighted by Crippen LogP contribution is 2.58. The largest absolute Gasteiger partial charge is 0.481 e. The van der Waals surface area contributed by atoms with E-state index in [2.05, 4.69) is 15.3 Å². The summed E-state index contributed by atoms with van der Waals surface area (Å²) < 4.78 is 33.5. The van der Waals surface area contributed by atoms with Crippen molar-refractivity contribution in [3.8, 4) is 5.88 Å². The maximum absolute atomic E-state index is 12.2. The molecule has 43 heavy (non-hydrogen) atoms. The zero-order chi connectivity index (χ0) is 30.6. The van der Waals surface area contributed by atoms with Crippen LogP contribution in [0.2, 0.25) is 10.0 Å². The summed E-state index contributed by atoms with van der Waals surface area (Å²) in [5.41, 5.74) is 4.44. The Morgan fingerprint density at radius 2 is 2.05 bits per heavy atom. The van der Waals surface area contributed by atoms with Crippen LogP contribution in [0.15, 0.2) is 46.8 Å². The van der Waals surface area contributed by atoms with Gasteiger partial charge in [-0.25, -0.2) is 9.67 Å². The Kier molecular flexibility index (Phi) is 8.05. The summed E-state index contributed by atoms with van der Waals surface area (Å²) in [6, 6.07) is 9.22. The van der Waals surface area contributed by atoms with Crippen LogP contribution in [0, 0.1) is 6.92 Å². The SMILES string of the molecule is CC[C@@H]1CN(Cc2cc([C@H](CC(=O)O)c3cc(Cl)c4c(nnn4C)c3C)cc3ccsc23)S(O)(O)c2cc(Cl)cnc2O1. The smallest absolute Gasteiger partial charge is 0.304 e. The lowest BCUT2D eigenvalue weighted by molar-refractivity contribution is -0.137. The molecule has 0 fully saturated rings. The molecule has 3 aromatic heterocycles. The van der Waals surface area contributed by atoms with Crippen LogP contribution >= 0.6 is 45.3 Å². The number of aromatic nitrogens is 4. The number of fused-ring (bicyclic) bond motifs is 3. The van der Waals surface area contributed by atoms with E-state index in [0.717, 1.165) is 32.3 Å². The molecule has 6 rings (SSSR count). The number of thiophene rings is 1. The van der Waals surface area contributed by atoms with Gasteiger partial charge in [0, 0.05) is 30.4 Å². The molecule has 4 heterocycles. The van der Waals surface area contributed by atoms with Gasteiger partial charge in [0.25, 0.3) is 0 Å². The third-order valence-electron chi connectivity index (χ3n) is 7.86. The van der Waals surface area contributed by atoms with E-state index in [4.69, 9.17) is 27.9 Å². The van der Waals surface area contributed by atoms with Gasteiger partial charge < -0.3 is 9.84 Å². The summed E-state index contributed by atoms with van der Waals surface area (Å²) in [5.74, 6) is -1.36. The van der Waals surface area contributed by atoms with Crippen molar-refractivity contribution in [2.75, 3.05) is 6.54 Å². The molecule has 10 nitrogen and oxygen atoms in total. The minimum Gasteiger partial charge on any atom is -0.481 e. The molecular weight excluding hydrogens is 633 g/mol. The molecule has 1 aliphatic heterocycles. The molecule has 0 saturated carbocycles. The van der Waals surface area contributed by atoms with E-state index in [1.54, 1.807) is 22.1 Å². The standard InChI is InChI=1S/C29H29Cl2N5O5S2/c1-4-20-14-36(43(39,40)24-9-19(30)12-32-29(24)41-20)13-18-8-17(7-16-5-6-42-28(16)18)22(11-25(37)38)21-10-23(31)27-26(15(21)2)33-34-35(27)3/h5-10,12,20,22,39-40H,4,11,13-14H2,1-3H3,(H,37,38)/t20-,22+/m1/s1. The van der Waals surface area contributed by atoms with Gasteiger partial charge in [-0.15, -0.1) is 27.2 Å². The number of hydrogen-bond donors (Lipinski definition) is 3. The van der Waals surface area contributed by atoms with Crippen LogP contribution in [0.1, 0.15) is 47.9 Å². The molecule has 2 aromatic carbocycles. The van der Waals surface area contributed by atoms with E-state index in [1.807, 2.05) is 37.4 Å². The molecular formula is C29H29Cl2N5O5S2. The molecule has 0 radical (unpaired) electrons. The van der Waals surface area contributed by atoms with Gasteiger partial charge in [0.05, 0.1) is 23.0 Å². The molecule has 0 amide bonds. The fourth-order valence-corrected chi connectivity index (χ4v) is 8.72. The molecule has 0 spiro atoms. The zero-order valence-corrected chi connectivity index (χ0v) is 26.6. The molecule has 0 unspecified atom stereocenters. The van der Waals surface area contributed by atoms with Crippen molar-refractivity contribution in [2.24, 2.45) is 7.05 Å². The Hall–Kier alpha value is -2.97. The Morgan fingerprint density at radius 3 is 2.79 bits per heavy atom. The molecule has 14 heteroatoms. The number of carbonyl (C=O) groups is 1. The van der Waals surface area contributed by atoms with Gasteiger partial charge in [-0.2, -0.15) is 4.31 Å². The Labute approximate surface area is 263 Å². The first-order chi connectivity index (χ1) is 20.5. The molecule has 0 aliphatic carbocycles. The number of carboxylic acids is 1. The average Bonchev–Trinajstić information content (AvgIpc) is 3.58. The lowest BCUT2D eigenvalue weighted by Gasteiger charge is -2.41. The molecule has 226 valence electrons. The molecule has 2 atom stereocenters. The van der Waals surface area contributed by atoms with E-state index in [9.17, 15) is 19.0 Å². The van der Waals surface area contributed by atoms with Gasteiger partial charge in [-0.3, -0.25) is 13.9 Å². The second kappa shape index (κ2) is 11.5. The van der Waals surface area contributed by atoms with Gasteiger partial charge >= 0.3 is 5.97 Å². The lowest BCUT2D eigenvalue weighted by atomic mass is 9.84. The highest BCUT2D eigenvalue weighted by atomic mass is 35.5. The number of hydrogen-bond acceptors (Lipinski definition) is 9. The summed E-state index contributed by atoms with van der Waals surface area (Å²) in [7, 11) is -1.78. The highest BCUT2D eigenvalue weighted by Gasteiger charge is 2.36. The van der Waals surface area contributed by atoms with E-state index in [1.165, 1.54) is 23.6 Å². The van der Waals surface area contributed by atoms with E-state index in [-0.39, 0.29) is 41.4 Å². The monoisotopic (exact) mass is 661 g/mol. The van der Waals surface area contributed by atoms with Gasteiger partial charge in [0.2, 0.25) is 5.88 Å². The molecule has 0 saturated heterocycles. The van der Waals surface area contributed by atoms with E-state index >= 15 is 0 Å². The van der Waals surface area contributed by atoms with Crippen LogP contribution in [0.25, 0.3) is 21.1 Å². The topological polar surface area (TPSA) is 134 Å². The predicted octanol–water partition coefficient (Wildman–Crippen LogP) is 7.50. The van der Waals surface area contributed by atoms with Crippen molar-refractivity contribution in [1.82, 2.24) is 24.3 Å². The van der Waals surface area contributed by atoms with Crippen LogP contribution in [0.4, 0.5) is 0 Å². The van der Waals surface area contributed by atoms with E-state index in [0.29, 0.717) is 22.5 Å². The Morgan fingerprint density at radius 1 is 1.26 bits per heavy atom. The van der Waals surface area contributed by atoms with Crippen molar-refractivity contribution in [3.05, 3.63) is 74.2 Å². The van der Waals surface area contributed by atoms with Crippen LogP contribution in [0.3, 0.4) is 0 Å². The number of ether oxygens (including phenoxy) is 1. The van der Waals surface area contributed by atoms with E-state index < -0.39 is 22.7 Å². The first-order valence-electron chi connectivity index (χ1n) is 13.5. The number of aliphatic carboxylic acids is 1. The first-order valence-corrected chi connectivity index (χ1v) is 16.7. The minimum absolute atomic E-state index is 0.140. The van der Waals surface area contributed by atoms with Crippen molar-refractivity contribution in [1.29, 1.82) is 0 Å². The second-order valence-corrected chi connectivity index (χ2v) is 14.4. The third kappa shape index (κ3) is 5.46. The van der Waals surface area contributed by atoms with Crippen LogP contribution in [0.5, 0.6) is 5.88 Å². The number of carboxylic acid groups (broad SMARTS) is 1. The minimum atomic E-state index is -3.54. The lowest BCUT2D eigenvalue weighted by Crippen LogP contribution is -2.34. The van der Waals surface area contributed by atoms with Crippen molar-refractivity contribution < 1.29 is 23.7 Å². The van der Waals surface area contributed by atoms with Crippen molar-refractivity contribution in [2.45, 2.75) is 50.2 Å². The quantitative estimate of drug-likeness (QED) is 0.162. The average molecular weight is 663 g/mol. The number of nitrogens with zero attached hydrogens (tertiary/aromatic N) is 5. The molecule has 3 N–H and O–H groups in total. The van der Waals surface area contributed by atoms with Crippen molar-refractivity contribution >= 4 is 72.4 Å². The van der Waals surface area contributed by atoms with Gasteiger partial charge in [0.15, 0.2) is 0 Å². The number of rotatable bonds is 7. The van der Waals surface area contributed by atoms with Crippen LogP contribution in [-0.2, 0) is 18.4 Å². The maximum atomic E-state index is 12.2. The number of aryl methyl sites for hydroxylation is 2. The fraction of sp³-hybridized carbons (Fsp3) is 0.310. The summed E-state index contributed by atoms with van der Waals surface area (Å²) >= 11 is 14.4. The third-order valence-corrected chi connectivity index (χ3v) is 11.2. The van der Waals surface area contributed by atoms with Gasteiger partial charge in [-0.1, -0.05) is 41.4 Å². The molecule has 1 aliphatic rings. The molecule has 0 bridgehead atoms. The summed E-state index contributed by atoms with van der Waals surface area (Å²) in [6.45, 7) is 4.27. The normalized spacial score (nSPS) is 18.3. The maximum Gasteiger partial charge on any atom is 0.304 e.